The molecule has 0 aliphatic carbocycles. The van der Waals surface area contributed by atoms with Crippen molar-refractivity contribution < 1.29 is 29.3 Å². The van der Waals surface area contributed by atoms with E-state index in [1.54, 1.807) is 0 Å². The van der Waals surface area contributed by atoms with Gasteiger partial charge in [-0.3, -0.25) is 9.59 Å². The van der Waals surface area contributed by atoms with Gasteiger partial charge in [0.05, 0.1) is 26.2 Å². The lowest BCUT2D eigenvalue weighted by Crippen LogP contribution is -2.29. The molecule has 0 bridgehead atoms. The number of hydrogen-bond donors (Lipinski definition) is 2. The Hall–Kier alpha value is -1.14. The van der Waals surface area contributed by atoms with Crippen LogP contribution in [0.4, 0.5) is 0 Å². The highest BCUT2D eigenvalue weighted by Crippen LogP contribution is 2.18. The van der Waals surface area contributed by atoms with E-state index in [1.165, 1.54) is 14.2 Å². The molecular weight excluding hydrogens is 240 g/mol. The van der Waals surface area contributed by atoms with Crippen molar-refractivity contribution in [2.45, 2.75) is 38.2 Å². The average molecular weight is 262 g/mol. The molecule has 0 spiro atoms. The Balaban J connectivity index is 4.22. The maximum Gasteiger partial charge on any atom is 0.311 e. The Morgan fingerprint density at radius 3 is 2.28 bits per heavy atom. The molecule has 0 saturated heterocycles. The van der Waals surface area contributed by atoms with Gasteiger partial charge in [0, 0.05) is 13.0 Å². The number of carbonyl (C=O) groups excluding carboxylic acids is 2. The summed E-state index contributed by atoms with van der Waals surface area (Å²) in [4.78, 5) is 22.4. The van der Waals surface area contributed by atoms with Gasteiger partial charge in [-0.15, -0.1) is 0 Å². The maximum atomic E-state index is 11.5. The molecule has 2 atom stereocenters. The second-order valence-corrected chi connectivity index (χ2v) is 4.03. The number of hydrogen-bond acceptors (Lipinski definition) is 6. The van der Waals surface area contributed by atoms with Crippen LogP contribution in [0.15, 0.2) is 0 Å². The summed E-state index contributed by atoms with van der Waals surface area (Å²) in [6.45, 7) is -0.0346. The maximum absolute atomic E-state index is 11.5. The number of aliphatic hydroxyl groups is 2. The van der Waals surface area contributed by atoms with Gasteiger partial charge in [-0.1, -0.05) is 0 Å². The summed E-state index contributed by atoms with van der Waals surface area (Å²) >= 11 is 0. The third kappa shape index (κ3) is 6.56. The van der Waals surface area contributed by atoms with E-state index in [0.717, 1.165) is 0 Å². The highest BCUT2D eigenvalue weighted by molar-refractivity contribution is 5.73. The Morgan fingerprint density at radius 2 is 1.78 bits per heavy atom. The van der Waals surface area contributed by atoms with E-state index in [4.69, 9.17) is 5.11 Å². The number of rotatable bonds is 9. The zero-order valence-electron chi connectivity index (χ0n) is 10.9. The fourth-order valence-corrected chi connectivity index (χ4v) is 1.69. The van der Waals surface area contributed by atoms with Crippen molar-refractivity contribution in [3.05, 3.63) is 0 Å². The topological polar surface area (TPSA) is 93.1 Å². The first-order chi connectivity index (χ1) is 8.56. The molecule has 2 unspecified atom stereocenters. The molecule has 106 valence electrons. The van der Waals surface area contributed by atoms with E-state index in [-0.39, 0.29) is 19.0 Å². The van der Waals surface area contributed by atoms with E-state index in [0.29, 0.717) is 25.7 Å². The van der Waals surface area contributed by atoms with Crippen LogP contribution in [0.3, 0.4) is 0 Å². The van der Waals surface area contributed by atoms with Crippen LogP contribution in [0.2, 0.25) is 0 Å². The van der Waals surface area contributed by atoms with Gasteiger partial charge in [-0.2, -0.15) is 0 Å². The first kappa shape index (κ1) is 16.9. The molecule has 0 heterocycles. The van der Waals surface area contributed by atoms with E-state index in [1.807, 2.05) is 0 Å². The third-order valence-corrected chi connectivity index (χ3v) is 2.75. The first-order valence-corrected chi connectivity index (χ1v) is 6.00. The van der Waals surface area contributed by atoms with Crippen LogP contribution in [0.25, 0.3) is 0 Å². The zero-order chi connectivity index (χ0) is 14.0. The van der Waals surface area contributed by atoms with Crippen LogP contribution in [-0.2, 0) is 19.1 Å². The van der Waals surface area contributed by atoms with Gasteiger partial charge in [-0.05, 0) is 25.7 Å². The zero-order valence-corrected chi connectivity index (χ0v) is 10.9. The van der Waals surface area contributed by atoms with Crippen molar-refractivity contribution in [2.24, 2.45) is 5.92 Å². The minimum absolute atomic E-state index is 0.0346. The van der Waals surface area contributed by atoms with Crippen molar-refractivity contribution in [2.75, 3.05) is 20.8 Å². The van der Waals surface area contributed by atoms with Gasteiger partial charge in [0.2, 0.25) is 0 Å². The van der Waals surface area contributed by atoms with Crippen LogP contribution in [-0.4, -0.2) is 49.1 Å². The quantitative estimate of drug-likeness (QED) is 0.579. The van der Waals surface area contributed by atoms with Gasteiger partial charge in [0.25, 0.3) is 0 Å². The number of aliphatic hydroxyl groups excluding tert-OH is 2. The predicted molar refractivity (Wildman–Crippen MR) is 63.7 cm³/mol. The van der Waals surface area contributed by atoms with Crippen LogP contribution in [0.5, 0.6) is 0 Å². The summed E-state index contributed by atoms with van der Waals surface area (Å²) in [5, 5.41) is 18.5. The Kier molecular flexibility index (Phi) is 9.22. The second-order valence-electron chi connectivity index (χ2n) is 4.03. The van der Waals surface area contributed by atoms with E-state index in [2.05, 4.69) is 9.47 Å². The van der Waals surface area contributed by atoms with E-state index < -0.39 is 18.0 Å². The third-order valence-electron chi connectivity index (χ3n) is 2.75. The molecular formula is C12H22O6. The first-order valence-electron chi connectivity index (χ1n) is 6.00. The molecule has 0 saturated carbocycles. The molecule has 6 nitrogen and oxygen atoms in total. The van der Waals surface area contributed by atoms with Gasteiger partial charge in [0.15, 0.2) is 0 Å². The monoisotopic (exact) mass is 262 g/mol. The van der Waals surface area contributed by atoms with Gasteiger partial charge < -0.3 is 19.7 Å². The van der Waals surface area contributed by atoms with Crippen molar-refractivity contribution in [3.63, 3.8) is 0 Å². The summed E-state index contributed by atoms with van der Waals surface area (Å²) in [5.74, 6) is -1.50. The lowest BCUT2D eigenvalue weighted by atomic mass is 9.93. The summed E-state index contributed by atoms with van der Waals surface area (Å²) in [6.07, 6.45) is 0.899. The molecule has 0 amide bonds. The second kappa shape index (κ2) is 9.85. The van der Waals surface area contributed by atoms with Gasteiger partial charge >= 0.3 is 11.9 Å². The molecule has 18 heavy (non-hydrogen) atoms. The Bertz CT molecular complexity index is 253. The molecule has 0 aromatic carbocycles. The summed E-state index contributed by atoms with van der Waals surface area (Å²) in [6, 6.07) is 0. The highest BCUT2D eigenvalue weighted by Gasteiger charge is 2.27. The summed E-state index contributed by atoms with van der Waals surface area (Å²) < 4.78 is 9.11. The van der Waals surface area contributed by atoms with Crippen LogP contribution >= 0.6 is 0 Å². The molecule has 0 aliphatic heterocycles. The molecule has 2 N–H and O–H groups in total. The van der Waals surface area contributed by atoms with Crippen molar-refractivity contribution in [1.82, 2.24) is 0 Å². The molecule has 0 aromatic heterocycles. The van der Waals surface area contributed by atoms with Crippen molar-refractivity contribution >= 4 is 11.9 Å². The smallest absolute Gasteiger partial charge is 0.311 e. The minimum atomic E-state index is -0.859. The lowest BCUT2D eigenvalue weighted by molar-refractivity contribution is -0.150. The average Bonchev–Trinajstić information content (AvgIpc) is 2.39. The number of carbonyl (C=O) groups is 2. The standard InChI is InChI=1S/C12H22O6/c1-17-11(15)7-3-5-9(12(16)18-2)10(14)6-4-8-13/h9-10,13-14H,3-8H2,1-2H3. The van der Waals surface area contributed by atoms with E-state index >= 15 is 0 Å². The number of ether oxygens (including phenoxy) is 2. The fourth-order valence-electron chi connectivity index (χ4n) is 1.69. The molecule has 0 aromatic rings. The van der Waals surface area contributed by atoms with Crippen LogP contribution in [0.1, 0.15) is 32.1 Å². The van der Waals surface area contributed by atoms with Gasteiger partial charge in [0.1, 0.15) is 0 Å². The van der Waals surface area contributed by atoms with Crippen LogP contribution in [0, 0.1) is 5.92 Å². The minimum Gasteiger partial charge on any atom is -0.469 e. The van der Waals surface area contributed by atoms with Crippen molar-refractivity contribution in [1.29, 1.82) is 0 Å². The molecule has 0 fully saturated rings. The molecule has 6 heteroatoms. The lowest BCUT2D eigenvalue weighted by Gasteiger charge is -2.20. The Labute approximate surface area is 107 Å². The predicted octanol–water partition coefficient (Wildman–Crippen LogP) is 0.252. The summed E-state index contributed by atoms with van der Waals surface area (Å²) in [7, 11) is 2.56. The molecule has 0 radical (unpaired) electrons. The fraction of sp³-hybridized carbons (Fsp3) is 0.833. The summed E-state index contributed by atoms with van der Waals surface area (Å²) in [5.41, 5.74) is 0. The van der Waals surface area contributed by atoms with Crippen molar-refractivity contribution in [3.8, 4) is 0 Å². The van der Waals surface area contributed by atoms with Gasteiger partial charge in [-0.25, -0.2) is 0 Å². The Morgan fingerprint density at radius 1 is 1.11 bits per heavy atom. The normalized spacial score (nSPS) is 13.8. The highest BCUT2D eigenvalue weighted by atomic mass is 16.5. The SMILES string of the molecule is COC(=O)CCCC(C(=O)OC)C(O)CCCO. The van der Waals surface area contributed by atoms with Crippen LogP contribution < -0.4 is 0 Å². The number of esters is 2. The largest absolute Gasteiger partial charge is 0.469 e. The molecule has 0 rings (SSSR count). The van der Waals surface area contributed by atoms with E-state index in [9.17, 15) is 14.7 Å². The molecule has 0 aliphatic rings. The number of methoxy groups -OCH3 is 2.